The van der Waals surface area contributed by atoms with E-state index >= 15 is 0 Å². The maximum atomic E-state index is 12.1. The third-order valence-electron chi connectivity index (χ3n) is 2.82. The van der Waals surface area contributed by atoms with Crippen molar-refractivity contribution in [1.29, 1.82) is 0 Å². The Labute approximate surface area is 139 Å². The fraction of sp³-hybridized carbons (Fsp3) is 0.235. The van der Waals surface area contributed by atoms with Crippen LogP contribution in [0.5, 0.6) is 5.75 Å². The van der Waals surface area contributed by atoms with Crippen molar-refractivity contribution in [2.24, 2.45) is 0 Å². The minimum Gasteiger partial charge on any atom is -0.489 e. The van der Waals surface area contributed by atoms with Crippen LogP contribution in [0.2, 0.25) is 0 Å². The number of ether oxygens (including phenoxy) is 1. The summed E-state index contributed by atoms with van der Waals surface area (Å²) in [6.07, 6.45) is 0.0546. The molecule has 4 nitrogen and oxygen atoms in total. The van der Waals surface area contributed by atoms with Crippen LogP contribution in [0.3, 0.4) is 0 Å². The van der Waals surface area contributed by atoms with Gasteiger partial charge in [-0.2, -0.15) is 0 Å². The lowest BCUT2D eigenvalue weighted by atomic mass is 10.3. The van der Waals surface area contributed by atoms with Gasteiger partial charge in [0.2, 0.25) is 5.91 Å². The van der Waals surface area contributed by atoms with Crippen molar-refractivity contribution in [2.75, 3.05) is 17.2 Å². The molecule has 0 atom stereocenters. The molecule has 0 aliphatic rings. The molecule has 0 heterocycles. The molecule has 0 fully saturated rings. The van der Waals surface area contributed by atoms with E-state index in [4.69, 9.17) is 4.74 Å². The zero-order valence-corrected chi connectivity index (χ0v) is 14.2. The summed E-state index contributed by atoms with van der Waals surface area (Å²) in [6.45, 7) is 4.10. The molecule has 2 rings (SSSR count). The van der Waals surface area contributed by atoms with Crippen LogP contribution in [0, 0.1) is 0 Å². The average Bonchev–Trinajstić information content (AvgIpc) is 2.48. The van der Waals surface area contributed by atoms with Crippen molar-refractivity contribution in [3.8, 4) is 5.75 Å². The van der Waals surface area contributed by atoms with Gasteiger partial charge in [0.05, 0.1) is 18.3 Å². The van der Waals surface area contributed by atoms with E-state index in [-0.39, 0.29) is 18.6 Å². The van der Waals surface area contributed by atoms with Crippen LogP contribution in [0.4, 0.5) is 11.4 Å². The highest BCUT2D eigenvalue weighted by atomic mass is 79.9. The Morgan fingerprint density at radius 3 is 2.50 bits per heavy atom. The molecule has 0 aliphatic heterocycles. The van der Waals surface area contributed by atoms with Crippen LogP contribution in [-0.2, 0) is 4.79 Å². The summed E-state index contributed by atoms with van der Waals surface area (Å²) in [4.78, 5) is 12.1. The van der Waals surface area contributed by atoms with E-state index in [9.17, 15) is 4.79 Å². The monoisotopic (exact) mass is 362 g/mol. The van der Waals surface area contributed by atoms with E-state index in [1.165, 1.54) is 0 Å². The normalized spacial score (nSPS) is 10.4. The minimum absolute atomic E-state index is 0.0546. The Kier molecular flexibility index (Phi) is 5.83. The zero-order valence-electron chi connectivity index (χ0n) is 12.6. The highest BCUT2D eigenvalue weighted by Gasteiger charge is 2.08. The van der Waals surface area contributed by atoms with Gasteiger partial charge < -0.3 is 15.4 Å². The molecule has 22 heavy (non-hydrogen) atoms. The third-order valence-corrected chi connectivity index (χ3v) is 3.35. The second kappa shape index (κ2) is 7.84. The number of rotatable bonds is 6. The van der Waals surface area contributed by atoms with E-state index in [1.807, 2.05) is 62.4 Å². The average molecular weight is 363 g/mol. The van der Waals surface area contributed by atoms with Crippen LogP contribution >= 0.6 is 15.9 Å². The number of halogens is 1. The number of carbonyl (C=O) groups excluding carboxylic acids is 1. The fourth-order valence-corrected chi connectivity index (χ4v) is 2.14. The van der Waals surface area contributed by atoms with Gasteiger partial charge in [-0.1, -0.05) is 28.1 Å². The van der Waals surface area contributed by atoms with Gasteiger partial charge in [0.25, 0.3) is 0 Å². The first kappa shape index (κ1) is 16.4. The zero-order chi connectivity index (χ0) is 15.9. The van der Waals surface area contributed by atoms with Crippen molar-refractivity contribution in [1.82, 2.24) is 0 Å². The fourth-order valence-electron chi connectivity index (χ4n) is 1.87. The molecule has 5 heteroatoms. The molecule has 2 aromatic carbocycles. The van der Waals surface area contributed by atoms with Crippen LogP contribution in [-0.4, -0.2) is 18.6 Å². The van der Waals surface area contributed by atoms with Crippen molar-refractivity contribution >= 4 is 33.2 Å². The van der Waals surface area contributed by atoms with Gasteiger partial charge in [0.15, 0.2) is 0 Å². The Morgan fingerprint density at radius 2 is 1.82 bits per heavy atom. The van der Waals surface area contributed by atoms with Gasteiger partial charge in [-0.15, -0.1) is 0 Å². The first-order valence-electron chi connectivity index (χ1n) is 7.09. The lowest BCUT2D eigenvalue weighted by Gasteiger charge is -2.15. The summed E-state index contributed by atoms with van der Waals surface area (Å²) in [6, 6.07) is 15.1. The highest BCUT2D eigenvalue weighted by Crippen LogP contribution is 2.24. The molecule has 0 spiro atoms. The maximum Gasteiger partial charge on any atom is 0.243 e. The second-order valence-corrected chi connectivity index (χ2v) is 5.99. The highest BCUT2D eigenvalue weighted by molar-refractivity contribution is 9.10. The summed E-state index contributed by atoms with van der Waals surface area (Å²) in [5, 5.41) is 5.94. The quantitative estimate of drug-likeness (QED) is 0.805. The van der Waals surface area contributed by atoms with Crippen molar-refractivity contribution in [2.45, 2.75) is 20.0 Å². The number of carbonyl (C=O) groups is 1. The van der Waals surface area contributed by atoms with Gasteiger partial charge in [-0.3, -0.25) is 4.79 Å². The molecule has 0 unspecified atom stereocenters. The van der Waals surface area contributed by atoms with E-state index in [0.29, 0.717) is 11.4 Å². The van der Waals surface area contributed by atoms with Gasteiger partial charge in [0, 0.05) is 10.2 Å². The molecule has 116 valence electrons. The van der Waals surface area contributed by atoms with Crippen LogP contribution in [0.1, 0.15) is 13.8 Å². The lowest BCUT2D eigenvalue weighted by molar-refractivity contribution is -0.114. The van der Waals surface area contributed by atoms with E-state index in [0.717, 1.165) is 10.2 Å². The van der Waals surface area contributed by atoms with Gasteiger partial charge >= 0.3 is 0 Å². The SMILES string of the molecule is CC(C)Oc1ccccc1NC(=O)CNc1ccc(Br)cc1. The molecule has 0 saturated carbocycles. The van der Waals surface area contributed by atoms with Crippen molar-refractivity contribution in [3.63, 3.8) is 0 Å². The van der Waals surface area contributed by atoms with Gasteiger partial charge in [-0.05, 0) is 50.2 Å². The topological polar surface area (TPSA) is 50.4 Å². The number of benzene rings is 2. The largest absolute Gasteiger partial charge is 0.489 e. The molecular formula is C17H19BrN2O2. The van der Waals surface area contributed by atoms with Gasteiger partial charge in [0.1, 0.15) is 5.75 Å². The molecular weight excluding hydrogens is 344 g/mol. The van der Waals surface area contributed by atoms with Crippen molar-refractivity contribution < 1.29 is 9.53 Å². The Morgan fingerprint density at radius 1 is 1.14 bits per heavy atom. The molecule has 1 amide bonds. The number of anilines is 2. The van der Waals surface area contributed by atoms with Crippen LogP contribution in [0.25, 0.3) is 0 Å². The van der Waals surface area contributed by atoms with Crippen LogP contribution < -0.4 is 15.4 Å². The standard InChI is InChI=1S/C17H19BrN2O2/c1-12(2)22-16-6-4-3-5-15(16)20-17(21)11-19-14-9-7-13(18)8-10-14/h3-10,12,19H,11H2,1-2H3,(H,20,21). The number of hydrogen-bond donors (Lipinski definition) is 2. The molecule has 0 saturated heterocycles. The second-order valence-electron chi connectivity index (χ2n) is 5.07. The smallest absolute Gasteiger partial charge is 0.243 e. The van der Waals surface area contributed by atoms with E-state index in [1.54, 1.807) is 0 Å². The molecule has 0 bridgehead atoms. The predicted molar refractivity (Wildman–Crippen MR) is 93.5 cm³/mol. The lowest BCUT2D eigenvalue weighted by Crippen LogP contribution is -2.22. The molecule has 2 N–H and O–H groups in total. The Bertz CT molecular complexity index is 627. The number of hydrogen-bond acceptors (Lipinski definition) is 3. The Hall–Kier alpha value is -2.01. The first-order chi connectivity index (χ1) is 10.5. The van der Waals surface area contributed by atoms with Crippen molar-refractivity contribution in [3.05, 3.63) is 53.0 Å². The minimum atomic E-state index is -0.122. The van der Waals surface area contributed by atoms with E-state index < -0.39 is 0 Å². The Balaban J connectivity index is 1.93. The number of nitrogens with one attached hydrogen (secondary N) is 2. The summed E-state index contributed by atoms with van der Waals surface area (Å²) in [5.74, 6) is 0.553. The van der Waals surface area contributed by atoms with E-state index in [2.05, 4.69) is 26.6 Å². The summed E-state index contributed by atoms with van der Waals surface area (Å²) in [7, 11) is 0. The maximum absolute atomic E-state index is 12.1. The first-order valence-corrected chi connectivity index (χ1v) is 7.89. The molecule has 2 aromatic rings. The predicted octanol–water partition coefficient (Wildman–Crippen LogP) is 4.29. The molecule has 0 aromatic heterocycles. The third kappa shape index (κ3) is 5.07. The van der Waals surface area contributed by atoms with Gasteiger partial charge in [-0.25, -0.2) is 0 Å². The number of amides is 1. The molecule has 0 radical (unpaired) electrons. The number of para-hydroxylation sites is 2. The summed E-state index contributed by atoms with van der Waals surface area (Å²) < 4.78 is 6.68. The molecule has 0 aliphatic carbocycles. The van der Waals surface area contributed by atoms with Crippen LogP contribution in [0.15, 0.2) is 53.0 Å². The summed E-state index contributed by atoms with van der Waals surface area (Å²) >= 11 is 3.38. The summed E-state index contributed by atoms with van der Waals surface area (Å²) in [5.41, 5.74) is 1.57.